The zero-order chi connectivity index (χ0) is 10.9. The molecule has 1 fully saturated rings. The number of carbonyl (C=O) groups excluding carboxylic acids is 1. The fraction of sp³-hybridized carbons (Fsp3) is 0.909. The van der Waals surface area contributed by atoms with Crippen LogP contribution in [0.4, 0.5) is 0 Å². The summed E-state index contributed by atoms with van der Waals surface area (Å²) in [4.78, 5) is 10.5. The fourth-order valence-electron chi connectivity index (χ4n) is 1.94. The van der Waals surface area contributed by atoms with Crippen molar-refractivity contribution in [3.8, 4) is 0 Å². The van der Waals surface area contributed by atoms with Gasteiger partial charge in [-0.05, 0) is 57.8 Å². The third-order valence-corrected chi connectivity index (χ3v) is 2.92. The van der Waals surface area contributed by atoms with E-state index in [9.17, 15) is 4.79 Å². The highest BCUT2D eigenvalue weighted by atomic mass is 16.1. The molecule has 88 valence electrons. The summed E-state index contributed by atoms with van der Waals surface area (Å²) in [5.41, 5.74) is 5.06. The Bertz CT molecular complexity index is 179. The first-order valence-electron chi connectivity index (χ1n) is 5.99. The monoisotopic (exact) mass is 213 g/mol. The molecule has 0 saturated carbocycles. The summed E-state index contributed by atoms with van der Waals surface area (Å²) in [5, 5.41) is 6.81. The minimum Gasteiger partial charge on any atom is -0.370 e. The maximum absolute atomic E-state index is 10.5. The van der Waals surface area contributed by atoms with Crippen molar-refractivity contribution in [3.63, 3.8) is 0 Å². The molecule has 1 amide bonds. The second-order valence-electron chi connectivity index (χ2n) is 4.32. The van der Waals surface area contributed by atoms with Crippen LogP contribution >= 0.6 is 0 Å². The number of hydrogen-bond donors (Lipinski definition) is 3. The van der Waals surface area contributed by atoms with Crippen LogP contribution in [-0.2, 0) is 4.79 Å². The van der Waals surface area contributed by atoms with Gasteiger partial charge in [-0.3, -0.25) is 4.79 Å². The molecule has 0 aromatic rings. The van der Waals surface area contributed by atoms with Crippen LogP contribution in [0, 0.1) is 5.92 Å². The predicted octanol–water partition coefficient (Wildman–Crippen LogP) is 0.231. The Morgan fingerprint density at radius 2 is 2.07 bits per heavy atom. The van der Waals surface area contributed by atoms with E-state index in [-0.39, 0.29) is 5.91 Å². The van der Waals surface area contributed by atoms with Gasteiger partial charge in [0.2, 0.25) is 5.91 Å². The molecule has 1 heterocycles. The summed E-state index contributed by atoms with van der Waals surface area (Å²) in [5.74, 6) is 0.649. The van der Waals surface area contributed by atoms with Gasteiger partial charge in [-0.25, -0.2) is 0 Å². The Kier molecular flexibility index (Phi) is 6.36. The first kappa shape index (κ1) is 12.5. The van der Waals surface area contributed by atoms with E-state index in [0.29, 0.717) is 6.42 Å². The van der Waals surface area contributed by atoms with Crippen LogP contribution in [-0.4, -0.2) is 32.1 Å². The summed E-state index contributed by atoms with van der Waals surface area (Å²) in [7, 11) is 0. The number of amides is 1. The lowest BCUT2D eigenvalue weighted by atomic mass is 9.98. The number of unbranched alkanes of at least 4 members (excludes halogenated alkanes) is 1. The Balaban J connectivity index is 1.85. The molecule has 4 nitrogen and oxygen atoms in total. The maximum atomic E-state index is 10.5. The van der Waals surface area contributed by atoms with E-state index in [1.807, 2.05) is 0 Å². The van der Waals surface area contributed by atoms with E-state index in [4.69, 9.17) is 5.73 Å². The van der Waals surface area contributed by atoms with Crippen molar-refractivity contribution in [1.82, 2.24) is 10.6 Å². The van der Waals surface area contributed by atoms with Gasteiger partial charge in [-0.1, -0.05) is 0 Å². The highest BCUT2D eigenvalue weighted by Gasteiger charge is 2.11. The lowest BCUT2D eigenvalue weighted by Gasteiger charge is -2.22. The highest BCUT2D eigenvalue weighted by Crippen LogP contribution is 2.09. The molecule has 15 heavy (non-hydrogen) atoms. The average Bonchev–Trinajstić information content (AvgIpc) is 2.24. The summed E-state index contributed by atoms with van der Waals surface area (Å²) < 4.78 is 0. The van der Waals surface area contributed by atoms with Crippen LogP contribution in [0.3, 0.4) is 0 Å². The second-order valence-corrected chi connectivity index (χ2v) is 4.32. The van der Waals surface area contributed by atoms with Crippen molar-refractivity contribution in [1.29, 1.82) is 0 Å². The van der Waals surface area contributed by atoms with E-state index in [1.54, 1.807) is 0 Å². The number of rotatable bonds is 7. The number of piperidine rings is 1. The molecule has 1 rings (SSSR count). The van der Waals surface area contributed by atoms with Crippen LogP contribution in [0.15, 0.2) is 0 Å². The summed E-state index contributed by atoms with van der Waals surface area (Å²) in [6, 6.07) is 0. The Hall–Kier alpha value is -0.610. The van der Waals surface area contributed by atoms with Crippen LogP contribution in [0.2, 0.25) is 0 Å². The molecule has 1 aliphatic rings. The number of carbonyl (C=O) groups is 1. The first-order valence-corrected chi connectivity index (χ1v) is 5.99. The standard InChI is InChI=1S/C11H23N3O/c12-11(15)3-1-2-6-14-9-10-4-7-13-8-5-10/h10,13-14H,1-9H2,(H2,12,15). The molecule has 0 bridgehead atoms. The zero-order valence-corrected chi connectivity index (χ0v) is 9.43. The molecular weight excluding hydrogens is 190 g/mol. The summed E-state index contributed by atoms with van der Waals surface area (Å²) >= 11 is 0. The largest absolute Gasteiger partial charge is 0.370 e. The smallest absolute Gasteiger partial charge is 0.217 e. The van der Waals surface area contributed by atoms with Gasteiger partial charge in [-0.15, -0.1) is 0 Å². The molecule has 0 spiro atoms. The molecule has 0 radical (unpaired) electrons. The van der Waals surface area contributed by atoms with Crippen molar-refractivity contribution in [2.24, 2.45) is 11.7 Å². The lowest BCUT2D eigenvalue weighted by Crippen LogP contribution is -2.33. The van der Waals surface area contributed by atoms with Crippen LogP contribution < -0.4 is 16.4 Å². The Morgan fingerprint density at radius 3 is 2.73 bits per heavy atom. The van der Waals surface area contributed by atoms with Gasteiger partial charge in [0.25, 0.3) is 0 Å². The number of nitrogens with two attached hydrogens (primary N) is 1. The molecule has 0 unspecified atom stereocenters. The van der Waals surface area contributed by atoms with E-state index in [2.05, 4.69) is 10.6 Å². The van der Waals surface area contributed by atoms with Crippen LogP contribution in [0.25, 0.3) is 0 Å². The number of primary amides is 1. The molecule has 4 N–H and O–H groups in total. The molecule has 0 atom stereocenters. The Morgan fingerprint density at radius 1 is 1.33 bits per heavy atom. The van der Waals surface area contributed by atoms with E-state index in [1.165, 1.54) is 12.8 Å². The van der Waals surface area contributed by atoms with Gasteiger partial charge in [0, 0.05) is 6.42 Å². The third-order valence-electron chi connectivity index (χ3n) is 2.92. The molecule has 4 heteroatoms. The average molecular weight is 213 g/mol. The molecular formula is C11H23N3O. The van der Waals surface area contributed by atoms with Crippen LogP contribution in [0.1, 0.15) is 32.1 Å². The van der Waals surface area contributed by atoms with Gasteiger partial charge in [0.1, 0.15) is 0 Å². The molecule has 1 aliphatic heterocycles. The van der Waals surface area contributed by atoms with Gasteiger partial charge in [0.15, 0.2) is 0 Å². The first-order chi connectivity index (χ1) is 7.29. The normalized spacial score (nSPS) is 17.9. The number of hydrogen-bond acceptors (Lipinski definition) is 3. The second kappa shape index (κ2) is 7.65. The minimum atomic E-state index is -0.187. The van der Waals surface area contributed by atoms with Crippen molar-refractivity contribution >= 4 is 5.91 Å². The third kappa shape index (κ3) is 6.47. The van der Waals surface area contributed by atoms with Gasteiger partial charge >= 0.3 is 0 Å². The van der Waals surface area contributed by atoms with E-state index >= 15 is 0 Å². The molecule has 1 saturated heterocycles. The molecule has 0 aliphatic carbocycles. The van der Waals surface area contributed by atoms with Gasteiger partial charge in [-0.2, -0.15) is 0 Å². The van der Waals surface area contributed by atoms with Crippen molar-refractivity contribution < 1.29 is 4.79 Å². The Labute approximate surface area is 92.0 Å². The maximum Gasteiger partial charge on any atom is 0.217 e. The summed E-state index contributed by atoms with van der Waals surface area (Å²) in [6.07, 6.45) is 5.06. The molecule has 0 aromatic heterocycles. The quantitative estimate of drug-likeness (QED) is 0.530. The van der Waals surface area contributed by atoms with E-state index in [0.717, 1.165) is 44.9 Å². The van der Waals surface area contributed by atoms with Gasteiger partial charge < -0.3 is 16.4 Å². The van der Waals surface area contributed by atoms with Crippen molar-refractivity contribution in [3.05, 3.63) is 0 Å². The van der Waals surface area contributed by atoms with Crippen molar-refractivity contribution in [2.45, 2.75) is 32.1 Å². The van der Waals surface area contributed by atoms with Crippen molar-refractivity contribution in [2.75, 3.05) is 26.2 Å². The molecule has 0 aromatic carbocycles. The zero-order valence-electron chi connectivity index (χ0n) is 9.43. The van der Waals surface area contributed by atoms with E-state index < -0.39 is 0 Å². The highest BCUT2D eigenvalue weighted by molar-refractivity contribution is 5.73. The minimum absolute atomic E-state index is 0.187. The van der Waals surface area contributed by atoms with Gasteiger partial charge in [0.05, 0.1) is 0 Å². The number of nitrogens with one attached hydrogen (secondary N) is 2. The van der Waals surface area contributed by atoms with Crippen LogP contribution in [0.5, 0.6) is 0 Å². The topological polar surface area (TPSA) is 67.2 Å². The predicted molar refractivity (Wildman–Crippen MR) is 61.5 cm³/mol. The fourth-order valence-corrected chi connectivity index (χ4v) is 1.94. The summed E-state index contributed by atoms with van der Waals surface area (Å²) in [6.45, 7) is 4.46. The SMILES string of the molecule is NC(=O)CCCCNCC1CCNCC1. The lowest BCUT2D eigenvalue weighted by molar-refractivity contribution is -0.118.